The number of hydrogen-bond acceptors (Lipinski definition) is 4. The van der Waals surface area contributed by atoms with E-state index in [9.17, 15) is 22.4 Å². The molecule has 0 radical (unpaired) electrons. The average molecular weight is 459 g/mol. The Morgan fingerprint density at radius 3 is 2.66 bits per heavy atom. The number of hydrogen-bond donors (Lipinski definition) is 1. The maximum atomic E-state index is 13.4. The molecule has 170 valence electrons. The summed E-state index contributed by atoms with van der Waals surface area (Å²) in [4.78, 5) is 26.7. The highest BCUT2D eigenvalue weighted by Crippen LogP contribution is 2.24. The molecule has 2 aromatic rings. The smallest absolute Gasteiger partial charge is 0.240 e. The van der Waals surface area contributed by atoms with E-state index >= 15 is 0 Å². The molecule has 32 heavy (non-hydrogen) atoms. The van der Waals surface area contributed by atoms with Gasteiger partial charge in [0.2, 0.25) is 15.9 Å². The van der Waals surface area contributed by atoms with E-state index in [0.29, 0.717) is 24.9 Å². The number of nitrogens with one attached hydrogen (secondary N) is 1. The average Bonchev–Trinajstić information content (AvgIpc) is 3.25. The van der Waals surface area contributed by atoms with Gasteiger partial charge >= 0.3 is 0 Å². The fourth-order valence-electron chi connectivity index (χ4n) is 4.49. The van der Waals surface area contributed by atoms with Crippen molar-refractivity contribution in [3.05, 3.63) is 65.0 Å². The molecule has 0 bridgehead atoms. The van der Waals surface area contributed by atoms with Crippen LogP contribution >= 0.6 is 0 Å². The number of carbonyl (C=O) groups is 2. The van der Waals surface area contributed by atoms with E-state index in [2.05, 4.69) is 4.72 Å². The fourth-order valence-corrected chi connectivity index (χ4v) is 5.78. The Bertz CT molecular complexity index is 1130. The first-order chi connectivity index (χ1) is 15.3. The number of benzene rings is 2. The van der Waals surface area contributed by atoms with Crippen molar-refractivity contribution in [1.29, 1.82) is 0 Å². The second-order valence-corrected chi connectivity index (χ2v) is 10.2. The highest BCUT2D eigenvalue weighted by Gasteiger charge is 2.28. The van der Waals surface area contributed by atoms with Crippen LogP contribution in [-0.4, -0.2) is 44.1 Å². The SMILES string of the molecule is O=C(CCC(=O)N1CCCC(NS(=O)(=O)c2cccc(F)c2)C1)c1ccc2c(c1)CCC2. The summed E-state index contributed by atoms with van der Waals surface area (Å²) in [6.07, 6.45) is 4.64. The summed E-state index contributed by atoms with van der Waals surface area (Å²) >= 11 is 0. The van der Waals surface area contributed by atoms with E-state index in [1.165, 1.54) is 29.3 Å². The number of halogens is 1. The standard InChI is InChI=1S/C24H27FN2O4S/c25-20-6-2-8-22(15-20)32(30,31)26-21-7-3-13-27(16-21)24(29)12-11-23(28)19-10-9-17-4-1-5-18(17)14-19/h2,6,8-10,14-15,21,26H,1,3-5,7,11-13,16H2. The maximum Gasteiger partial charge on any atom is 0.240 e. The van der Waals surface area contributed by atoms with Gasteiger partial charge in [-0.3, -0.25) is 9.59 Å². The summed E-state index contributed by atoms with van der Waals surface area (Å²) in [6.45, 7) is 0.768. The number of piperidine rings is 1. The van der Waals surface area contributed by atoms with Gasteiger partial charge in [0.05, 0.1) is 4.90 Å². The Morgan fingerprint density at radius 1 is 1.03 bits per heavy atom. The summed E-state index contributed by atoms with van der Waals surface area (Å²) < 4.78 is 41.1. The lowest BCUT2D eigenvalue weighted by molar-refractivity contribution is -0.132. The van der Waals surface area contributed by atoms with Crippen molar-refractivity contribution in [2.24, 2.45) is 0 Å². The molecule has 1 saturated heterocycles. The summed E-state index contributed by atoms with van der Waals surface area (Å²) in [5, 5.41) is 0. The molecule has 0 spiro atoms. The molecule has 4 rings (SSSR count). The summed E-state index contributed by atoms with van der Waals surface area (Å²) in [5.41, 5.74) is 3.18. The van der Waals surface area contributed by atoms with Crippen LogP contribution in [0.1, 0.15) is 53.6 Å². The van der Waals surface area contributed by atoms with Crippen LogP contribution in [0.2, 0.25) is 0 Å². The summed E-state index contributed by atoms with van der Waals surface area (Å²) in [5.74, 6) is -0.830. The number of rotatable bonds is 7. The maximum absolute atomic E-state index is 13.4. The Morgan fingerprint density at radius 2 is 1.84 bits per heavy atom. The molecule has 1 unspecified atom stereocenters. The van der Waals surface area contributed by atoms with E-state index in [1.807, 2.05) is 18.2 Å². The van der Waals surface area contributed by atoms with Crippen LogP contribution in [0.3, 0.4) is 0 Å². The largest absolute Gasteiger partial charge is 0.341 e. The van der Waals surface area contributed by atoms with Gasteiger partial charge in [0.1, 0.15) is 5.82 Å². The number of likely N-dealkylation sites (tertiary alicyclic amines) is 1. The van der Waals surface area contributed by atoms with Gasteiger partial charge in [0, 0.05) is 37.5 Å². The molecule has 2 aromatic carbocycles. The lowest BCUT2D eigenvalue weighted by atomic mass is 10.0. The van der Waals surface area contributed by atoms with Crippen molar-refractivity contribution in [3.8, 4) is 0 Å². The predicted octanol–water partition coefficient (Wildman–Crippen LogP) is 3.25. The molecule has 0 saturated carbocycles. The first-order valence-electron chi connectivity index (χ1n) is 11.0. The fraction of sp³-hybridized carbons (Fsp3) is 0.417. The molecule has 2 aliphatic rings. The van der Waals surface area contributed by atoms with Crippen LogP contribution in [0, 0.1) is 5.82 Å². The number of sulfonamides is 1. The zero-order chi connectivity index (χ0) is 22.7. The zero-order valence-corrected chi connectivity index (χ0v) is 18.7. The van der Waals surface area contributed by atoms with Crippen molar-refractivity contribution in [1.82, 2.24) is 9.62 Å². The van der Waals surface area contributed by atoms with Crippen molar-refractivity contribution >= 4 is 21.7 Å². The van der Waals surface area contributed by atoms with E-state index in [-0.39, 0.29) is 36.0 Å². The predicted molar refractivity (Wildman–Crippen MR) is 118 cm³/mol. The van der Waals surface area contributed by atoms with Crippen molar-refractivity contribution in [2.75, 3.05) is 13.1 Å². The highest BCUT2D eigenvalue weighted by molar-refractivity contribution is 7.89. The minimum Gasteiger partial charge on any atom is -0.341 e. The lowest BCUT2D eigenvalue weighted by Gasteiger charge is -2.33. The molecule has 1 heterocycles. The number of ketones is 1. The quantitative estimate of drug-likeness (QED) is 0.646. The number of aryl methyl sites for hydroxylation is 2. The van der Waals surface area contributed by atoms with Gasteiger partial charge in [0.15, 0.2) is 5.78 Å². The van der Waals surface area contributed by atoms with Gasteiger partial charge in [-0.2, -0.15) is 0 Å². The monoisotopic (exact) mass is 458 g/mol. The zero-order valence-electron chi connectivity index (χ0n) is 17.8. The Labute approximate surface area is 187 Å². The normalized spacial score (nSPS) is 18.4. The molecule has 1 atom stereocenters. The summed E-state index contributed by atoms with van der Waals surface area (Å²) in [7, 11) is -3.88. The van der Waals surface area contributed by atoms with Crippen LogP contribution < -0.4 is 4.72 Å². The molecule has 1 fully saturated rings. The lowest BCUT2D eigenvalue weighted by Crippen LogP contribution is -2.49. The Balaban J connectivity index is 1.32. The van der Waals surface area contributed by atoms with E-state index in [0.717, 1.165) is 25.3 Å². The van der Waals surface area contributed by atoms with Gasteiger partial charge < -0.3 is 4.90 Å². The first kappa shape index (κ1) is 22.6. The number of amides is 1. The molecule has 1 aliphatic carbocycles. The van der Waals surface area contributed by atoms with E-state index in [1.54, 1.807) is 4.90 Å². The van der Waals surface area contributed by atoms with Crippen molar-refractivity contribution < 1.29 is 22.4 Å². The number of nitrogens with zero attached hydrogens (tertiary/aromatic N) is 1. The van der Waals surface area contributed by atoms with Crippen molar-refractivity contribution in [2.45, 2.75) is 55.9 Å². The van der Waals surface area contributed by atoms with Gasteiger partial charge in [-0.05, 0) is 67.5 Å². The molecular weight excluding hydrogens is 431 g/mol. The number of fused-ring (bicyclic) bond motifs is 1. The highest BCUT2D eigenvalue weighted by atomic mass is 32.2. The molecule has 0 aromatic heterocycles. The van der Waals surface area contributed by atoms with Gasteiger partial charge in [-0.15, -0.1) is 0 Å². The van der Waals surface area contributed by atoms with Crippen LogP contribution in [0.25, 0.3) is 0 Å². The van der Waals surface area contributed by atoms with E-state index < -0.39 is 21.9 Å². The minimum atomic E-state index is -3.88. The minimum absolute atomic E-state index is 0.0478. The second-order valence-electron chi connectivity index (χ2n) is 8.52. The second kappa shape index (κ2) is 9.50. The van der Waals surface area contributed by atoms with Crippen LogP contribution in [0.4, 0.5) is 4.39 Å². The summed E-state index contributed by atoms with van der Waals surface area (Å²) in [6, 6.07) is 10.2. The molecule has 6 nitrogen and oxygen atoms in total. The van der Waals surface area contributed by atoms with E-state index in [4.69, 9.17) is 0 Å². The topological polar surface area (TPSA) is 83.6 Å². The van der Waals surface area contributed by atoms with Gasteiger partial charge in [-0.25, -0.2) is 17.5 Å². The molecule has 1 amide bonds. The van der Waals surface area contributed by atoms with Crippen molar-refractivity contribution in [3.63, 3.8) is 0 Å². The number of carbonyl (C=O) groups excluding carboxylic acids is 2. The third-order valence-electron chi connectivity index (χ3n) is 6.19. The van der Waals surface area contributed by atoms with Crippen LogP contribution in [-0.2, 0) is 27.7 Å². The number of Topliss-reactive ketones (excluding diaryl/α,β-unsaturated/α-hetero) is 1. The van der Waals surface area contributed by atoms with Crippen LogP contribution in [0.5, 0.6) is 0 Å². The van der Waals surface area contributed by atoms with Gasteiger partial charge in [-0.1, -0.05) is 18.2 Å². The Kier molecular flexibility index (Phi) is 6.71. The molecule has 8 heteroatoms. The van der Waals surface area contributed by atoms with Crippen LogP contribution in [0.15, 0.2) is 47.4 Å². The molecule has 1 aliphatic heterocycles. The Hall–Kier alpha value is -2.58. The van der Waals surface area contributed by atoms with Gasteiger partial charge in [0.25, 0.3) is 0 Å². The molecule has 1 N–H and O–H groups in total. The molecular formula is C24H27FN2O4S. The first-order valence-corrected chi connectivity index (χ1v) is 12.5. The third-order valence-corrected chi connectivity index (χ3v) is 7.71. The third kappa shape index (κ3) is 5.24.